The normalized spacial score (nSPS) is 11.9. The number of nitrogens with two attached hydrogens (primary N) is 1. The number of fused-ring (bicyclic) bond motifs is 1. The van der Waals surface area contributed by atoms with E-state index in [9.17, 15) is 9.90 Å². The summed E-state index contributed by atoms with van der Waals surface area (Å²) in [4.78, 5) is 16.2. The van der Waals surface area contributed by atoms with E-state index in [4.69, 9.17) is 15.2 Å². The molecule has 8 heteroatoms. The number of carbonyl (C=O) groups excluding carboxylic acids is 1. The van der Waals surface area contributed by atoms with Gasteiger partial charge in [0.05, 0.1) is 43.6 Å². The van der Waals surface area contributed by atoms with Crippen molar-refractivity contribution >= 4 is 22.5 Å². The molecule has 0 radical (unpaired) electrons. The van der Waals surface area contributed by atoms with Crippen molar-refractivity contribution in [3.63, 3.8) is 0 Å². The SMILES string of the molecule is CNC[C@@H](Nc1c(CO)cnc2c(C(N)=O)cccc12)c1ccc(OC)c(OC)c1. The topological polar surface area (TPSA) is 119 Å². The second-order valence-electron chi connectivity index (χ2n) is 6.75. The highest BCUT2D eigenvalue weighted by Gasteiger charge is 2.19. The number of carbonyl (C=O) groups is 1. The highest BCUT2D eigenvalue weighted by Crippen LogP contribution is 2.34. The van der Waals surface area contributed by atoms with Crippen LogP contribution >= 0.6 is 0 Å². The minimum Gasteiger partial charge on any atom is -0.493 e. The van der Waals surface area contributed by atoms with Crippen molar-refractivity contribution in [2.75, 3.05) is 33.1 Å². The maximum absolute atomic E-state index is 11.8. The fourth-order valence-corrected chi connectivity index (χ4v) is 3.45. The number of hydrogen-bond donors (Lipinski definition) is 4. The Kier molecular flexibility index (Phi) is 6.71. The van der Waals surface area contributed by atoms with Crippen LogP contribution in [0.1, 0.15) is 27.5 Å². The van der Waals surface area contributed by atoms with Gasteiger partial charge in [0, 0.05) is 23.7 Å². The first-order valence-electron chi connectivity index (χ1n) is 9.48. The predicted octanol–water partition coefficient (Wildman–Crippen LogP) is 2.22. The lowest BCUT2D eigenvalue weighted by Gasteiger charge is -2.24. The maximum Gasteiger partial charge on any atom is 0.250 e. The van der Waals surface area contributed by atoms with E-state index >= 15 is 0 Å². The monoisotopic (exact) mass is 410 g/mol. The molecule has 1 aromatic heterocycles. The Morgan fingerprint density at radius 1 is 1.20 bits per heavy atom. The number of aromatic nitrogens is 1. The Bertz CT molecular complexity index is 1050. The van der Waals surface area contributed by atoms with Gasteiger partial charge in [-0.2, -0.15) is 0 Å². The van der Waals surface area contributed by atoms with E-state index < -0.39 is 5.91 Å². The number of anilines is 1. The molecular weight excluding hydrogens is 384 g/mol. The average molecular weight is 410 g/mol. The number of nitrogens with zero attached hydrogens (tertiary/aromatic N) is 1. The van der Waals surface area contributed by atoms with E-state index in [2.05, 4.69) is 15.6 Å². The summed E-state index contributed by atoms with van der Waals surface area (Å²) in [5, 5.41) is 17.3. The van der Waals surface area contributed by atoms with Gasteiger partial charge in [-0.1, -0.05) is 18.2 Å². The summed E-state index contributed by atoms with van der Waals surface area (Å²) in [6.07, 6.45) is 1.56. The van der Waals surface area contributed by atoms with Gasteiger partial charge in [-0.3, -0.25) is 9.78 Å². The van der Waals surface area contributed by atoms with Gasteiger partial charge in [0.25, 0.3) is 5.91 Å². The highest BCUT2D eigenvalue weighted by atomic mass is 16.5. The van der Waals surface area contributed by atoms with Crippen molar-refractivity contribution in [1.82, 2.24) is 10.3 Å². The standard InChI is InChI=1S/C22H26N4O4/c1-24-11-17(13-7-8-18(29-2)19(9-13)30-3)26-20-14(12-27)10-25-21-15(20)5-4-6-16(21)22(23)28/h4-10,17,24,27H,11-12H2,1-3H3,(H2,23,28)(H,25,26)/t17-/m1/s1. The van der Waals surface area contributed by atoms with Crippen LogP contribution in [0, 0.1) is 0 Å². The summed E-state index contributed by atoms with van der Waals surface area (Å²) in [6.45, 7) is 0.393. The van der Waals surface area contributed by atoms with Gasteiger partial charge in [-0.15, -0.1) is 0 Å². The predicted molar refractivity (Wildman–Crippen MR) is 116 cm³/mol. The molecule has 0 saturated carbocycles. The van der Waals surface area contributed by atoms with Crippen molar-refractivity contribution in [3.8, 4) is 11.5 Å². The van der Waals surface area contributed by atoms with Crippen molar-refractivity contribution < 1.29 is 19.4 Å². The molecule has 0 bridgehead atoms. The highest BCUT2D eigenvalue weighted by molar-refractivity contribution is 6.08. The molecule has 0 unspecified atom stereocenters. The van der Waals surface area contributed by atoms with Crippen LogP contribution in [-0.2, 0) is 6.61 Å². The zero-order valence-corrected chi connectivity index (χ0v) is 17.2. The fraction of sp³-hybridized carbons (Fsp3) is 0.273. The number of rotatable bonds is 9. The van der Waals surface area contributed by atoms with E-state index in [0.29, 0.717) is 45.8 Å². The first kappa shape index (κ1) is 21.4. The molecule has 3 aromatic rings. The number of primary amides is 1. The molecule has 0 saturated heterocycles. The van der Waals surface area contributed by atoms with Gasteiger partial charge in [0.1, 0.15) is 0 Å². The van der Waals surface area contributed by atoms with Crippen molar-refractivity contribution in [3.05, 3.63) is 59.3 Å². The fourth-order valence-electron chi connectivity index (χ4n) is 3.45. The van der Waals surface area contributed by atoms with Gasteiger partial charge in [0.2, 0.25) is 0 Å². The number of methoxy groups -OCH3 is 2. The van der Waals surface area contributed by atoms with E-state index in [-0.39, 0.29) is 12.6 Å². The molecule has 0 spiro atoms. The van der Waals surface area contributed by atoms with Crippen LogP contribution in [-0.4, -0.2) is 43.8 Å². The first-order chi connectivity index (χ1) is 14.5. The quantitative estimate of drug-likeness (QED) is 0.427. The number of ether oxygens (including phenoxy) is 2. The molecule has 5 N–H and O–H groups in total. The van der Waals surface area contributed by atoms with Crippen LogP contribution in [0.2, 0.25) is 0 Å². The van der Waals surface area contributed by atoms with E-state index in [0.717, 1.165) is 5.56 Å². The molecular formula is C22H26N4O4. The van der Waals surface area contributed by atoms with Gasteiger partial charge < -0.3 is 30.9 Å². The molecule has 0 aliphatic rings. The van der Waals surface area contributed by atoms with Gasteiger partial charge in [0.15, 0.2) is 11.5 Å². The Morgan fingerprint density at radius 3 is 2.60 bits per heavy atom. The number of likely N-dealkylation sites (N-methyl/N-ethyl adjacent to an activating group) is 1. The maximum atomic E-state index is 11.8. The third-order valence-electron chi connectivity index (χ3n) is 4.95. The minimum absolute atomic E-state index is 0.164. The molecule has 30 heavy (non-hydrogen) atoms. The Labute approximate surface area is 175 Å². The Morgan fingerprint density at radius 2 is 1.97 bits per heavy atom. The van der Waals surface area contributed by atoms with Crippen LogP contribution in [0.15, 0.2) is 42.6 Å². The molecule has 158 valence electrons. The second kappa shape index (κ2) is 9.43. The molecule has 0 aliphatic carbocycles. The molecule has 3 rings (SSSR count). The second-order valence-corrected chi connectivity index (χ2v) is 6.75. The minimum atomic E-state index is -0.553. The third-order valence-corrected chi connectivity index (χ3v) is 4.95. The molecule has 1 atom stereocenters. The van der Waals surface area contributed by atoms with Gasteiger partial charge in [-0.25, -0.2) is 0 Å². The number of aliphatic hydroxyl groups excluding tert-OH is 1. The van der Waals surface area contributed by atoms with Crippen LogP contribution in [0.4, 0.5) is 5.69 Å². The summed E-state index contributed by atoms with van der Waals surface area (Å²) in [5.74, 6) is 0.708. The lowest BCUT2D eigenvalue weighted by molar-refractivity contribution is 0.100. The number of benzene rings is 2. The Balaban J connectivity index is 2.11. The van der Waals surface area contributed by atoms with Crippen molar-refractivity contribution in [2.24, 2.45) is 5.73 Å². The summed E-state index contributed by atoms with van der Waals surface area (Å²) in [7, 11) is 5.04. The largest absolute Gasteiger partial charge is 0.493 e. The number of para-hydroxylation sites is 1. The zero-order valence-electron chi connectivity index (χ0n) is 17.2. The molecule has 1 heterocycles. The van der Waals surface area contributed by atoms with Gasteiger partial charge >= 0.3 is 0 Å². The van der Waals surface area contributed by atoms with Gasteiger partial charge in [-0.05, 0) is 30.8 Å². The number of hydrogen-bond acceptors (Lipinski definition) is 7. The summed E-state index contributed by atoms with van der Waals surface area (Å²) in [5.41, 5.74) is 8.60. The number of aliphatic hydroxyl groups is 1. The Hall–Kier alpha value is -3.36. The first-order valence-corrected chi connectivity index (χ1v) is 9.48. The van der Waals surface area contributed by atoms with E-state index in [1.54, 1.807) is 32.5 Å². The summed E-state index contributed by atoms with van der Waals surface area (Å²) >= 11 is 0. The lowest BCUT2D eigenvalue weighted by Crippen LogP contribution is -2.24. The molecule has 0 fully saturated rings. The molecule has 1 amide bonds. The molecule has 8 nitrogen and oxygen atoms in total. The smallest absolute Gasteiger partial charge is 0.250 e. The number of pyridine rings is 1. The van der Waals surface area contributed by atoms with Crippen LogP contribution < -0.4 is 25.8 Å². The lowest BCUT2D eigenvalue weighted by atomic mass is 10.0. The number of amides is 1. The molecule has 0 aliphatic heterocycles. The molecule has 2 aromatic carbocycles. The van der Waals surface area contributed by atoms with Crippen LogP contribution in [0.3, 0.4) is 0 Å². The van der Waals surface area contributed by atoms with Crippen molar-refractivity contribution in [1.29, 1.82) is 0 Å². The van der Waals surface area contributed by atoms with Crippen molar-refractivity contribution in [2.45, 2.75) is 12.6 Å². The average Bonchev–Trinajstić information content (AvgIpc) is 2.77. The zero-order chi connectivity index (χ0) is 21.7. The van der Waals surface area contributed by atoms with Crippen LogP contribution in [0.25, 0.3) is 10.9 Å². The van der Waals surface area contributed by atoms with E-state index in [1.165, 1.54) is 0 Å². The summed E-state index contributed by atoms with van der Waals surface area (Å²) in [6, 6.07) is 10.8. The third kappa shape index (κ3) is 4.14. The number of nitrogens with one attached hydrogen (secondary N) is 2. The van der Waals surface area contributed by atoms with Crippen LogP contribution in [0.5, 0.6) is 11.5 Å². The summed E-state index contributed by atoms with van der Waals surface area (Å²) < 4.78 is 10.8. The van der Waals surface area contributed by atoms with E-state index in [1.807, 2.05) is 31.3 Å².